The number of fused-ring (bicyclic) bond motifs is 2. The lowest BCUT2D eigenvalue weighted by molar-refractivity contribution is 0.0696. The van der Waals surface area contributed by atoms with E-state index >= 15 is 0 Å². The van der Waals surface area contributed by atoms with Gasteiger partial charge in [0, 0.05) is 23.7 Å². The standard InChI is InChI=1S/C34H25FN4O3/c35-28-7-3-6-25(17-28)26-18-29(32(40)36-19-21-8-10-23(11-9-21)33(41)42)30-31(37-38-39(30)20-26)34(14-15-34)27-13-12-22-4-1-2-5-24(22)16-27/h1-13,16-18,20H,14-15,19H2,(H,36,40)(H,41,42). The Morgan fingerprint density at radius 3 is 2.40 bits per heavy atom. The molecule has 4 aromatic carbocycles. The summed E-state index contributed by atoms with van der Waals surface area (Å²) in [4.78, 5) is 25.0. The molecular formula is C34H25FN4O3. The number of aromatic carboxylic acids is 1. The van der Waals surface area contributed by atoms with E-state index in [-0.39, 0.29) is 29.2 Å². The number of benzene rings is 4. The average molecular weight is 557 g/mol. The third-order valence-electron chi connectivity index (χ3n) is 8.07. The summed E-state index contributed by atoms with van der Waals surface area (Å²) >= 11 is 0. The summed E-state index contributed by atoms with van der Waals surface area (Å²) in [5.74, 6) is -1.72. The monoisotopic (exact) mass is 556 g/mol. The number of rotatable bonds is 7. The van der Waals surface area contributed by atoms with Crippen LogP contribution in [0.2, 0.25) is 0 Å². The maximum absolute atomic E-state index is 14.1. The molecule has 0 radical (unpaired) electrons. The van der Waals surface area contributed by atoms with Crippen LogP contribution in [-0.4, -0.2) is 31.8 Å². The molecule has 0 atom stereocenters. The number of aromatic nitrogens is 3. The minimum Gasteiger partial charge on any atom is -0.478 e. The largest absolute Gasteiger partial charge is 0.478 e. The fourth-order valence-electron chi connectivity index (χ4n) is 5.67. The van der Waals surface area contributed by atoms with Crippen LogP contribution in [0, 0.1) is 5.82 Å². The van der Waals surface area contributed by atoms with Crippen molar-refractivity contribution in [3.8, 4) is 11.1 Å². The lowest BCUT2D eigenvalue weighted by atomic mass is 9.89. The van der Waals surface area contributed by atoms with Crippen LogP contribution in [0.5, 0.6) is 0 Å². The van der Waals surface area contributed by atoms with E-state index in [0.29, 0.717) is 22.2 Å². The molecule has 7 nitrogen and oxygen atoms in total. The van der Waals surface area contributed by atoms with Crippen molar-refractivity contribution in [3.05, 3.63) is 137 Å². The molecule has 0 unspecified atom stereocenters. The van der Waals surface area contributed by atoms with Gasteiger partial charge in [-0.3, -0.25) is 4.79 Å². The van der Waals surface area contributed by atoms with Gasteiger partial charge >= 0.3 is 5.97 Å². The first-order valence-electron chi connectivity index (χ1n) is 13.7. The van der Waals surface area contributed by atoms with Crippen LogP contribution in [0.3, 0.4) is 0 Å². The average Bonchev–Trinajstić information content (AvgIpc) is 3.71. The summed E-state index contributed by atoms with van der Waals surface area (Å²) in [6, 6.07) is 29.0. The van der Waals surface area contributed by atoms with Crippen molar-refractivity contribution in [1.29, 1.82) is 0 Å². The highest BCUT2D eigenvalue weighted by Gasteiger charge is 2.50. The summed E-state index contributed by atoms with van der Waals surface area (Å²) in [5.41, 5.74) is 4.66. The van der Waals surface area contributed by atoms with E-state index in [2.05, 4.69) is 46.0 Å². The van der Waals surface area contributed by atoms with E-state index in [1.807, 2.05) is 12.1 Å². The maximum atomic E-state index is 14.1. The van der Waals surface area contributed by atoms with Gasteiger partial charge < -0.3 is 10.4 Å². The fourth-order valence-corrected chi connectivity index (χ4v) is 5.67. The number of carboxylic acids is 1. The van der Waals surface area contributed by atoms with Crippen LogP contribution >= 0.6 is 0 Å². The van der Waals surface area contributed by atoms with Crippen molar-refractivity contribution in [2.75, 3.05) is 0 Å². The van der Waals surface area contributed by atoms with E-state index in [9.17, 15) is 19.1 Å². The van der Waals surface area contributed by atoms with E-state index in [1.54, 1.807) is 41.0 Å². The third-order valence-corrected chi connectivity index (χ3v) is 8.07. The van der Waals surface area contributed by atoms with Crippen molar-refractivity contribution in [3.63, 3.8) is 0 Å². The van der Waals surface area contributed by atoms with Crippen LogP contribution in [0.4, 0.5) is 4.39 Å². The molecule has 1 aliphatic rings. The molecule has 1 fully saturated rings. The number of nitrogens with one attached hydrogen (secondary N) is 1. The number of pyridine rings is 1. The van der Waals surface area contributed by atoms with Gasteiger partial charge in [0.2, 0.25) is 0 Å². The van der Waals surface area contributed by atoms with Crippen molar-refractivity contribution >= 4 is 28.2 Å². The van der Waals surface area contributed by atoms with Gasteiger partial charge in [0.05, 0.1) is 11.1 Å². The maximum Gasteiger partial charge on any atom is 0.335 e. The Morgan fingerprint density at radius 2 is 1.67 bits per heavy atom. The number of amides is 1. The van der Waals surface area contributed by atoms with Gasteiger partial charge in [-0.05, 0) is 70.6 Å². The van der Waals surface area contributed by atoms with Gasteiger partial charge in [0.25, 0.3) is 5.91 Å². The van der Waals surface area contributed by atoms with Crippen molar-refractivity contribution < 1.29 is 19.1 Å². The van der Waals surface area contributed by atoms with Gasteiger partial charge in [0.15, 0.2) is 0 Å². The molecule has 2 aromatic heterocycles. The molecule has 2 N–H and O–H groups in total. The predicted octanol–water partition coefficient (Wildman–Crippen LogP) is 6.40. The van der Waals surface area contributed by atoms with Crippen molar-refractivity contribution in [1.82, 2.24) is 20.1 Å². The van der Waals surface area contributed by atoms with Crippen LogP contribution < -0.4 is 5.32 Å². The van der Waals surface area contributed by atoms with Crippen molar-refractivity contribution in [2.45, 2.75) is 24.8 Å². The minimum absolute atomic E-state index is 0.174. The first kappa shape index (κ1) is 25.6. The molecule has 1 amide bonds. The number of halogens is 1. The van der Waals surface area contributed by atoms with Crippen LogP contribution in [-0.2, 0) is 12.0 Å². The van der Waals surface area contributed by atoms with E-state index in [4.69, 9.17) is 0 Å². The van der Waals surface area contributed by atoms with Crippen LogP contribution in [0.25, 0.3) is 27.4 Å². The smallest absolute Gasteiger partial charge is 0.335 e. The predicted molar refractivity (Wildman–Crippen MR) is 157 cm³/mol. The molecular weight excluding hydrogens is 531 g/mol. The molecule has 0 bridgehead atoms. The molecule has 1 aliphatic carbocycles. The zero-order valence-electron chi connectivity index (χ0n) is 22.4. The Morgan fingerprint density at radius 1 is 0.881 bits per heavy atom. The SMILES string of the molecule is O=C(O)c1ccc(CNC(=O)c2cc(-c3cccc(F)c3)cn3nnc(C4(c5ccc6ccccc6c5)CC4)c23)cc1. The lowest BCUT2D eigenvalue weighted by Gasteiger charge is -2.16. The Kier molecular flexibility index (Phi) is 6.04. The third kappa shape index (κ3) is 4.47. The van der Waals surface area contributed by atoms with Gasteiger partial charge in [0.1, 0.15) is 17.0 Å². The Bertz CT molecular complexity index is 2010. The van der Waals surface area contributed by atoms with Crippen molar-refractivity contribution in [2.24, 2.45) is 0 Å². The molecule has 0 saturated heterocycles. The highest BCUT2D eigenvalue weighted by molar-refractivity contribution is 6.03. The number of carbonyl (C=O) groups is 2. The molecule has 8 heteroatoms. The highest BCUT2D eigenvalue weighted by atomic mass is 19.1. The number of hydrogen-bond donors (Lipinski definition) is 2. The second kappa shape index (κ2) is 9.92. The molecule has 7 rings (SSSR count). The zero-order chi connectivity index (χ0) is 28.8. The second-order valence-electron chi connectivity index (χ2n) is 10.7. The Labute approximate surface area is 240 Å². The molecule has 206 valence electrons. The van der Waals surface area contributed by atoms with Gasteiger partial charge in [-0.15, -0.1) is 5.10 Å². The number of hydrogen-bond acceptors (Lipinski definition) is 4. The Balaban J connectivity index is 1.32. The normalized spacial score (nSPS) is 13.7. The Hall–Kier alpha value is -5.37. The van der Waals surface area contributed by atoms with Gasteiger partial charge in [-0.2, -0.15) is 0 Å². The number of nitrogens with zero attached hydrogens (tertiary/aromatic N) is 3. The molecule has 1 saturated carbocycles. The molecule has 42 heavy (non-hydrogen) atoms. The van der Waals surface area contributed by atoms with E-state index in [0.717, 1.165) is 40.4 Å². The zero-order valence-corrected chi connectivity index (χ0v) is 22.4. The highest BCUT2D eigenvalue weighted by Crippen LogP contribution is 2.54. The van der Waals surface area contributed by atoms with E-state index < -0.39 is 5.97 Å². The fraction of sp³-hybridized carbons (Fsp3) is 0.118. The molecule has 6 aromatic rings. The second-order valence-corrected chi connectivity index (χ2v) is 10.7. The molecule has 0 spiro atoms. The molecule has 0 aliphatic heterocycles. The lowest BCUT2D eigenvalue weighted by Crippen LogP contribution is -2.24. The summed E-state index contributed by atoms with van der Waals surface area (Å²) in [5, 5.41) is 23.5. The quantitative estimate of drug-likeness (QED) is 0.237. The first-order valence-corrected chi connectivity index (χ1v) is 13.7. The van der Waals surface area contributed by atoms with Gasteiger partial charge in [-0.1, -0.05) is 71.9 Å². The van der Waals surface area contributed by atoms with Gasteiger partial charge in [-0.25, -0.2) is 13.7 Å². The number of carboxylic acid groups (broad SMARTS) is 1. The first-order chi connectivity index (χ1) is 20.4. The van der Waals surface area contributed by atoms with Crippen LogP contribution in [0.15, 0.2) is 103 Å². The summed E-state index contributed by atoms with van der Waals surface area (Å²) in [7, 11) is 0. The topological polar surface area (TPSA) is 96.6 Å². The molecule has 2 heterocycles. The summed E-state index contributed by atoms with van der Waals surface area (Å²) in [6.07, 6.45) is 3.53. The minimum atomic E-state index is -1.01. The number of carbonyl (C=O) groups excluding carboxylic acids is 1. The van der Waals surface area contributed by atoms with E-state index in [1.165, 1.54) is 24.3 Å². The summed E-state index contributed by atoms with van der Waals surface area (Å²) in [6.45, 7) is 0.196. The summed E-state index contributed by atoms with van der Waals surface area (Å²) < 4.78 is 15.7. The van der Waals surface area contributed by atoms with Crippen LogP contribution in [0.1, 0.15) is 50.4 Å².